The van der Waals surface area contributed by atoms with Gasteiger partial charge in [-0.3, -0.25) is 0 Å². The summed E-state index contributed by atoms with van der Waals surface area (Å²) in [6, 6.07) is 1.36. The zero-order valence-corrected chi connectivity index (χ0v) is 26.5. The van der Waals surface area contributed by atoms with Crippen molar-refractivity contribution in [2.45, 2.75) is 124 Å². The fourth-order valence-electron chi connectivity index (χ4n) is 5.60. The minimum atomic E-state index is -1.67. The van der Waals surface area contributed by atoms with Gasteiger partial charge < -0.3 is 32.0 Å². The molecule has 0 amide bonds. The minimum absolute atomic E-state index is 0. The molecule has 1 aliphatic rings. The Balaban J connectivity index is -0.000000911. The summed E-state index contributed by atoms with van der Waals surface area (Å²) >= 11 is 0. The van der Waals surface area contributed by atoms with Gasteiger partial charge in [-0.05, 0) is 50.9 Å². The fraction of sp³-hybridized carbons (Fsp3) is 0.889. The average Bonchev–Trinajstić information content (AvgIpc) is 2.67. The average molecular weight is 490 g/mol. The molecule has 0 aliphatic heterocycles. The minimum Gasteiger partial charge on any atom is -0.659 e. The third kappa shape index (κ3) is 12.8. The van der Waals surface area contributed by atoms with Crippen molar-refractivity contribution >= 4 is 8.24 Å². The molecule has 4 heteroatoms. The smallest absolute Gasteiger partial charge is 0.659 e. The van der Waals surface area contributed by atoms with Gasteiger partial charge in [0, 0.05) is 6.61 Å². The molecular formula is C27H59NOSiTi. The van der Waals surface area contributed by atoms with Crippen LogP contribution in [0.15, 0.2) is 0 Å². The van der Waals surface area contributed by atoms with Crippen molar-refractivity contribution < 1.29 is 26.5 Å². The molecule has 5 unspecified atom stereocenters. The second-order valence-electron chi connectivity index (χ2n) is 11.7. The van der Waals surface area contributed by atoms with Crippen LogP contribution in [0.1, 0.15) is 94.9 Å². The largest absolute Gasteiger partial charge is 4.00 e. The molecule has 0 aromatic rings. The molecule has 1 fully saturated rings. The Morgan fingerprint density at radius 1 is 0.710 bits per heavy atom. The van der Waals surface area contributed by atoms with Crippen LogP contribution in [0.4, 0.5) is 0 Å². The first kappa shape index (κ1) is 39.1. The Morgan fingerprint density at radius 3 is 1.52 bits per heavy atom. The van der Waals surface area contributed by atoms with E-state index in [9.17, 15) is 0 Å². The third-order valence-electron chi connectivity index (χ3n) is 7.04. The van der Waals surface area contributed by atoms with E-state index in [0.717, 1.165) is 35.8 Å². The molecule has 0 bridgehead atoms. The molecular weight excluding hydrogens is 430 g/mol. The molecule has 0 aromatic carbocycles. The van der Waals surface area contributed by atoms with Gasteiger partial charge in [-0.2, -0.15) is 0 Å². The Hall–Kier alpha value is 0.851. The predicted molar refractivity (Wildman–Crippen MR) is 143 cm³/mol. The summed E-state index contributed by atoms with van der Waals surface area (Å²) in [4.78, 5) is 5.57. The van der Waals surface area contributed by atoms with Crippen molar-refractivity contribution in [3.63, 3.8) is 0 Å². The summed E-state index contributed by atoms with van der Waals surface area (Å²) in [6.45, 7) is 26.8. The zero-order valence-electron chi connectivity index (χ0n) is 24.0. The summed E-state index contributed by atoms with van der Waals surface area (Å²) in [5, 5.41) is 0. The molecule has 0 N–H and O–H groups in total. The molecule has 2 nitrogen and oxygen atoms in total. The second-order valence-corrected chi connectivity index (χ2v) is 15.8. The first-order valence-corrected chi connectivity index (χ1v) is 14.3. The van der Waals surface area contributed by atoms with Crippen LogP contribution in [0, 0.1) is 46.0 Å². The van der Waals surface area contributed by atoms with Crippen LogP contribution >= 0.6 is 0 Å². The number of hydrogen-bond acceptors (Lipinski definition) is 1. The molecule has 31 heavy (non-hydrogen) atoms. The van der Waals surface area contributed by atoms with Crippen LogP contribution < -0.4 is 0 Å². The summed E-state index contributed by atoms with van der Waals surface area (Å²) < 4.78 is 5.87. The summed E-state index contributed by atoms with van der Waals surface area (Å²) in [5.74, 6) is 3.30. The monoisotopic (exact) mass is 489 g/mol. The maximum atomic E-state index is 5.87. The Bertz CT molecular complexity index is 431. The number of unbranched alkanes of at least 4 members (excludes halogenated alkanes) is 3. The zero-order chi connectivity index (χ0) is 21.0. The van der Waals surface area contributed by atoms with Crippen LogP contribution in [-0.4, -0.2) is 26.0 Å². The topological polar surface area (TPSA) is 23.3 Å². The van der Waals surface area contributed by atoms with E-state index >= 15 is 0 Å². The summed E-state index contributed by atoms with van der Waals surface area (Å²) in [5.41, 5.74) is 0.931. The van der Waals surface area contributed by atoms with Crippen LogP contribution in [0.25, 0.3) is 4.98 Å². The molecule has 0 spiro atoms. The Labute approximate surface area is 215 Å². The fourth-order valence-corrected chi connectivity index (χ4v) is 11.6. The van der Waals surface area contributed by atoms with Crippen LogP contribution in [0.5, 0.6) is 0 Å². The van der Waals surface area contributed by atoms with E-state index in [1.54, 1.807) is 0 Å². The van der Waals surface area contributed by atoms with Crippen molar-refractivity contribution in [1.82, 2.24) is 0 Å². The van der Waals surface area contributed by atoms with Crippen molar-refractivity contribution in [1.29, 1.82) is 0 Å². The number of hydrogen-bond donors (Lipinski definition) is 0. The van der Waals surface area contributed by atoms with Gasteiger partial charge >= 0.3 is 21.7 Å². The van der Waals surface area contributed by atoms with E-state index in [4.69, 9.17) is 9.72 Å². The third-order valence-corrected chi connectivity index (χ3v) is 12.1. The molecule has 1 saturated carbocycles. The summed E-state index contributed by atoms with van der Waals surface area (Å²) in [6.07, 6.45) is 5.15. The second kappa shape index (κ2) is 15.7. The first-order chi connectivity index (χ1) is 12.2. The molecule has 1 aliphatic carbocycles. The van der Waals surface area contributed by atoms with Gasteiger partial charge in [-0.15, -0.1) is 5.54 Å². The van der Waals surface area contributed by atoms with Gasteiger partial charge in [0.1, 0.15) is 0 Å². The molecule has 0 saturated heterocycles. The van der Waals surface area contributed by atoms with Gasteiger partial charge in [0.15, 0.2) is 0 Å². The van der Waals surface area contributed by atoms with Gasteiger partial charge in [-0.1, -0.05) is 94.1 Å². The first-order valence-electron chi connectivity index (χ1n) is 11.6. The molecule has 0 aromatic heterocycles. The predicted octanol–water partition coefficient (Wildman–Crippen LogP) is 9.39. The normalized spacial score (nSPS) is 27.8. The standard InChI is InChI=1S/C24H50NOSi.3CH3.Ti/c1-18-19(2)21(4)22(20(18)3)27(11,25-23(5,6)7)17-15-13-12-14-16-26-24(8,9)10;;;;/h18-22H,12-17H2,1-11H3;3*1H3;/q4*-1;+4. The molecule has 0 heterocycles. The molecule has 0 radical (unpaired) electrons. The van der Waals surface area contributed by atoms with E-state index in [-0.39, 0.29) is 55.1 Å². The number of rotatable bonds is 9. The maximum Gasteiger partial charge on any atom is 4.00 e. The molecule has 5 atom stereocenters. The van der Waals surface area contributed by atoms with Crippen LogP contribution in [0.2, 0.25) is 18.1 Å². The molecule has 186 valence electrons. The van der Waals surface area contributed by atoms with Gasteiger partial charge in [-0.25, -0.2) is 0 Å². The number of ether oxygens (including phenoxy) is 1. The molecule has 1 rings (SSSR count). The summed E-state index contributed by atoms with van der Waals surface area (Å²) in [7, 11) is -1.67. The van der Waals surface area contributed by atoms with Gasteiger partial charge in [0.05, 0.1) is 5.60 Å². The Kier molecular flexibility index (Phi) is 19.8. The SMILES string of the molecule is CC1C(C)C(C)C([Si](C)(CCCCCCOC(C)(C)C)[N-]C(C)(C)C)C1C.[CH3-].[CH3-].[CH3-].[Ti+4]. The van der Waals surface area contributed by atoms with Crippen molar-refractivity contribution in [2.24, 2.45) is 23.7 Å². The van der Waals surface area contributed by atoms with Crippen LogP contribution in [-0.2, 0) is 26.5 Å². The Morgan fingerprint density at radius 2 is 1.13 bits per heavy atom. The van der Waals surface area contributed by atoms with Crippen molar-refractivity contribution in [3.8, 4) is 0 Å². The van der Waals surface area contributed by atoms with E-state index in [0.29, 0.717) is 0 Å². The van der Waals surface area contributed by atoms with E-state index in [1.165, 1.54) is 31.7 Å². The van der Waals surface area contributed by atoms with E-state index in [2.05, 4.69) is 75.8 Å². The van der Waals surface area contributed by atoms with Crippen molar-refractivity contribution in [3.05, 3.63) is 27.3 Å². The van der Waals surface area contributed by atoms with Gasteiger partial charge in [0.25, 0.3) is 0 Å². The van der Waals surface area contributed by atoms with E-state index in [1.807, 2.05) is 0 Å². The maximum absolute atomic E-state index is 5.87. The van der Waals surface area contributed by atoms with Gasteiger partial charge in [0.2, 0.25) is 0 Å². The van der Waals surface area contributed by atoms with Crippen molar-refractivity contribution in [2.75, 3.05) is 6.61 Å². The number of nitrogens with zero attached hydrogens (tertiary/aromatic N) is 1. The van der Waals surface area contributed by atoms with Crippen LogP contribution in [0.3, 0.4) is 0 Å². The van der Waals surface area contributed by atoms with E-state index < -0.39 is 8.24 Å². The quantitative estimate of drug-likeness (QED) is 0.180.